The number of phenols is 1. The summed E-state index contributed by atoms with van der Waals surface area (Å²) in [5.41, 5.74) is 12.9. The van der Waals surface area contributed by atoms with Gasteiger partial charge >= 0.3 is 5.97 Å². The molecule has 0 aliphatic rings. The molecule has 0 saturated carbocycles. The molecule has 3 aromatic rings. The number of hydrogen-bond donors (Lipinski definition) is 3. The van der Waals surface area contributed by atoms with Gasteiger partial charge in [0, 0.05) is 5.69 Å². The number of ether oxygens (including phenoxy) is 1. The third-order valence-electron chi connectivity index (χ3n) is 3.25. The fourth-order valence-corrected chi connectivity index (χ4v) is 2.32. The zero-order valence-electron chi connectivity index (χ0n) is 11.9. The van der Waals surface area contributed by atoms with Crippen molar-refractivity contribution in [1.82, 2.24) is 15.0 Å². The molecular formula is C14H12ClN5O3. The van der Waals surface area contributed by atoms with Crippen molar-refractivity contribution in [3.63, 3.8) is 0 Å². The molecule has 1 aromatic heterocycles. The molecule has 0 fully saturated rings. The number of rotatable bonds is 2. The van der Waals surface area contributed by atoms with E-state index in [0.717, 1.165) is 4.80 Å². The van der Waals surface area contributed by atoms with E-state index >= 15 is 0 Å². The maximum absolute atomic E-state index is 11.9. The molecule has 2 aromatic carbocycles. The molecule has 23 heavy (non-hydrogen) atoms. The fourth-order valence-electron chi connectivity index (χ4n) is 2.13. The predicted octanol–water partition coefficient (Wildman–Crippen LogP) is 1.73. The maximum Gasteiger partial charge on any atom is 0.340 e. The minimum Gasteiger partial charge on any atom is -0.506 e. The van der Waals surface area contributed by atoms with E-state index in [1.165, 1.54) is 31.4 Å². The number of aromatic nitrogens is 3. The quantitative estimate of drug-likeness (QED) is 0.370. The summed E-state index contributed by atoms with van der Waals surface area (Å²) in [7, 11) is 1.24. The van der Waals surface area contributed by atoms with Gasteiger partial charge in [0.15, 0.2) is 0 Å². The Balaban J connectivity index is 2.32. The fraction of sp³-hybridized carbons (Fsp3) is 0.0714. The van der Waals surface area contributed by atoms with E-state index in [9.17, 15) is 9.90 Å². The molecule has 118 valence electrons. The second kappa shape index (κ2) is 5.33. The van der Waals surface area contributed by atoms with Crippen LogP contribution in [0.2, 0.25) is 5.02 Å². The number of aromatic hydroxyl groups is 1. The van der Waals surface area contributed by atoms with E-state index in [4.69, 9.17) is 27.8 Å². The van der Waals surface area contributed by atoms with E-state index in [1.54, 1.807) is 0 Å². The van der Waals surface area contributed by atoms with Crippen LogP contribution in [0.1, 0.15) is 10.4 Å². The molecule has 0 saturated heterocycles. The summed E-state index contributed by atoms with van der Waals surface area (Å²) < 4.78 is 4.71. The number of nitrogen functional groups attached to an aromatic ring is 2. The molecule has 0 bridgehead atoms. The third-order valence-corrected chi connectivity index (χ3v) is 3.65. The Labute approximate surface area is 135 Å². The molecule has 0 spiro atoms. The number of phenolic OH excluding ortho intramolecular Hbond substituents is 1. The lowest BCUT2D eigenvalue weighted by molar-refractivity contribution is 0.0603. The SMILES string of the molecule is COC(=O)c1cc(N)c(Cl)c2nn(-c3cc(N)ccc3O)nc12. The van der Waals surface area contributed by atoms with Gasteiger partial charge in [0.1, 0.15) is 22.5 Å². The average Bonchev–Trinajstić information content (AvgIpc) is 2.97. The van der Waals surface area contributed by atoms with Crippen molar-refractivity contribution in [2.24, 2.45) is 0 Å². The Bertz CT molecular complexity index is 938. The second-order valence-corrected chi connectivity index (χ2v) is 5.13. The van der Waals surface area contributed by atoms with Gasteiger partial charge in [-0.05, 0) is 24.3 Å². The normalized spacial score (nSPS) is 10.9. The van der Waals surface area contributed by atoms with Crippen molar-refractivity contribution in [3.8, 4) is 11.4 Å². The van der Waals surface area contributed by atoms with Crippen LogP contribution < -0.4 is 11.5 Å². The molecule has 5 N–H and O–H groups in total. The van der Waals surface area contributed by atoms with Crippen molar-refractivity contribution < 1.29 is 14.6 Å². The van der Waals surface area contributed by atoms with Crippen molar-refractivity contribution in [2.75, 3.05) is 18.6 Å². The Morgan fingerprint density at radius 3 is 2.65 bits per heavy atom. The van der Waals surface area contributed by atoms with Gasteiger partial charge in [0.05, 0.1) is 23.4 Å². The van der Waals surface area contributed by atoms with Crippen LogP contribution in [0.25, 0.3) is 16.7 Å². The standard InChI is InChI=1S/C14H12ClN5O3/c1-23-14(22)7-5-8(17)11(15)13-12(7)18-20(19-13)9-4-6(16)2-3-10(9)21/h2-5,21H,16-17H2,1H3. The van der Waals surface area contributed by atoms with Crippen molar-refractivity contribution in [3.05, 3.63) is 34.9 Å². The third kappa shape index (κ3) is 2.38. The Morgan fingerprint density at radius 1 is 1.26 bits per heavy atom. The van der Waals surface area contributed by atoms with E-state index < -0.39 is 5.97 Å². The minimum atomic E-state index is -0.623. The van der Waals surface area contributed by atoms with Gasteiger partial charge in [0.2, 0.25) is 0 Å². The molecule has 0 amide bonds. The molecule has 0 atom stereocenters. The number of benzene rings is 2. The van der Waals surface area contributed by atoms with Gasteiger partial charge in [-0.2, -0.15) is 0 Å². The van der Waals surface area contributed by atoms with Gasteiger partial charge < -0.3 is 21.3 Å². The molecule has 3 rings (SSSR count). The van der Waals surface area contributed by atoms with Crippen molar-refractivity contribution >= 4 is 40.0 Å². The Morgan fingerprint density at radius 2 is 1.96 bits per heavy atom. The molecule has 0 unspecified atom stereocenters. The average molecular weight is 334 g/mol. The van der Waals surface area contributed by atoms with Crippen LogP contribution in [0, 0.1) is 0 Å². The van der Waals surface area contributed by atoms with Gasteiger partial charge in [-0.1, -0.05) is 11.6 Å². The summed E-state index contributed by atoms with van der Waals surface area (Å²) in [5, 5.41) is 18.5. The summed E-state index contributed by atoms with van der Waals surface area (Å²) in [5.74, 6) is -0.703. The second-order valence-electron chi connectivity index (χ2n) is 4.75. The summed E-state index contributed by atoms with van der Waals surface area (Å²) in [4.78, 5) is 13.0. The lowest BCUT2D eigenvalue weighted by atomic mass is 10.1. The lowest BCUT2D eigenvalue weighted by Gasteiger charge is -2.03. The highest BCUT2D eigenvalue weighted by molar-refractivity contribution is 6.38. The van der Waals surface area contributed by atoms with Crippen molar-refractivity contribution in [1.29, 1.82) is 0 Å². The molecule has 0 aliphatic carbocycles. The largest absolute Gasteiger partial charge is 0.506 e. The molecular weight excluding hydrogens is 322 g/mol. The molecule has 8 nitrogen and oxygen atoms in total. The first-order valence-electron chi connectivity index (χ1n) is 6.44. The van der Waals surface area contributed by atoms with E-state index in [0.29, 0.717) is 5.69 Å². The number of esters is 1. The molecule has 1 heterocycles. The Hall–Kier alpha value is -3.00. The number of methoxy groups -OCH3 is 1. The highest BCUT2D eigenvalue weighted by Gasteiger charge is 2.21. The molecule has 9 heteroatoms. The zero-order chi connectivity index (χ0) is 16.7. The van der Waals surface area contributed by atoms with Crippen LogP contribution in [0.3, 0.4) is 0 Å². The number of halogens is 1. The monoisotopic (exact) mass is 333 g/mol. The number of anilines is 2. The van der Waals surface area contributed by atoms with Gasteiger partial charge in [-0.3, -0.25) is 0 Å². The molecule has 0 aliphatic heterocycles. The first-order valence-corrected chi connectivity index (χ1v) is 6.82. The summed E-state index contributed by atoms with van der Waals surface area (Å²) >= 11 is 6.14. The van der Waals surface area contributed by atoms with Gasteiger partial charge in [-0.25, -0.2) is 4.79 Å². The predicted molar refractivity (Wildman–Crippen MR) is 85.7 cm³/mol. The maximum atomic E-state index is 11.9. The highest BCUT2D eigenvalue weighted by Crippen LogP contribution is 2.32. The molecule has 0 radical (unpaired) electrons. The number of hydrogen-bond acceptors (Lipinski definition) is 7. The summed E-state index contributed by atoms with van der Waals surface area (Å²) in [6, 6.07) is 5.81. The topological polar surface area (TPSA) is 129 Å². The number of nitrogens with zero attached hydrogens (tertiary/aromatic N) is 3. The van der Waals surface area contributed by atoms with E-state index in [-0.39, 0.29) is 38.7 Å². The number of nitrogens with two attached hydrogens (primary N) is 2. The lowest BCUT2D eigenvalue weighted by Crippen LogP contribution is -2.04. The first kappa shape index (κ1) is 14.9. The van der Waals surface area contributed by atoms with Gasteiger partial charge in [-0.15, -0.1) is 15.0 Å². The van der Waals surface area contributed by atoms with Crippen LogP contribution in [0.15, 0.2) is 24.3 Å². The van der Waals surface area contributed by atoms with Crippen LogP contribution in [0.4, 0.5) is 11.4 Å². The smallest absolute Gasteiger partial charge is 0.340 e. The first-order chi connectivity index (χ1) is 10.9. The number of carbonyl (C=O) groups excluding carboxylic acids is 1. The zero-order valence-corrected chi connectivity index (χ0v) is 12.7. The number of carbonyl (C=O) groups is 1. The van der Waals surface area contributed by atoms with Crippen molar-refractivity contribution in [2.45, 2.75) is 0 Å². The Kier molecular flexibility index (Phi) is 3.45. The summed E-state index contributed by atoms with van der Waals surface area (Å²) in [6.07, 6.45) is 0. The minimum absolute atomic E-state index is 0.0804. The number of fused-ring (bicyclic) bond motifs is 1. The van der Waals surface area contributed by atoms with Crippen LogP contribution >= 0.6 is 11.6 Å². The highest BCUT2D eigenvalue weighted by atomic mass is 35.5. The van der Waals surface area contributed by atoms with E-state index in [1.807, 2.05) is 0 Å². The van der Waals surface area contributed by atoms with Crippen LogP contribution in [-0.4, -0.2) is 33.2 Å². The van der Waals surface area contributed by atoms with Crippen LogP contribution in [0.5, 0.6) is 5.75 Å². The van der Waals surface area contributed by atoms with E-state index in [2.05, 4.69) is 10.2 Å². The van der Waals surface area contributed by atoms with Gasteiger partial charge in [0.25, 0.3) is 0 Å². The van der Waals surface area contributed by atoms with Crippen LogP contribution in [-0.2, 0) is 4.74 Å². The summed E-state index contributed by atoms with van der Waals surface area (Å²) in [6.45, 7) is 0.